The number of aromatic nitrogens is 3. The van der Waals surface area contributed by atoms with Gasteiger partial charge in [0.2, 0.25) is 5.95 Å². The van der Waals surface area contributed by atoms with E-state index in [2.05, 4.69) is 20.3 Å². The molecule has 10 nitrogen and oxygen atoms in total. The third-order valence-corrected chi connectivity index (χ3v) is 6.48. The summed E-state index contributed by atoms with van der Waals surface area (Å²) in [7, 11) is 0. The van der Waals surface area contributed by atoms with Crippen molar-refractivity contribution in [3.05, 3.63) is 10.5 Å². The summed E-state index contributed by atoms with van der Waals surface area (Å²) in [4.78, 5) is 23.1. The molecule has 1 aromatic rings. The fourth-order valence-corrected chi connectivity index (χ4v) is 5.46. The Morgan fingerprint density at radius 3 is 1.81 bits per heavy atom. The minimum atomic E-state index is -0.538. The Kier molecular flexibility index (Phi) is 5.92. The highest BCUT2D eigenvalue weighted by molar-refractivity contribution is 5.27. The zero-order chi connectivity index (χ0) is 23.4. The summed E-state index contributed by atoms with van der Waals surface area (Å²) >= 11 is 0. The minimum Gasteiger partial charge on any atom is -0.460 e. The first-order valence-corrected chi connectivity index (χ1v) is 10.9. The molecular weight excluding hydrogens is 400 g/mol. The number of hydrogen-bond acceptors (Lipinski definition) is 9. The predicted octanol–water partition coefficient (Wildman–Crippen LogP) is 2.78. The summed E-state index contributed by atoms with van der Waals surface area (Å²) in [6, 6.07) is 0.0228. The van der Waals surface area contributed by atoms with Crippen molar-refractivity contribution < 1.29 is 15.2 Å². The zero-order valence-electron chi connectivity index (χ0n) is 20.0. The predicted molar refractivity (Wildman–Crippen MR) is 117 cm³/mol. The van der Waals surface area contributed by atoms with Crippen LogP contribution in [0.15, 0.2) is 4.79 Å². The van der Waals surface area contributed by atoms with Gasteiger partial charge in [-0.1, -0.05) is 0 Å². The van der Waals surface area contributed by atoms with E-state index >= 15 is 0 Å². The minimum absolute atomic E-state index is 0.00212. The van der Waals surface area contributed by atoms with Gasteiger partial charge in [-0.25, -0.2) is 4.79 Å². The number of anilines is 1. The molecule has 0 radical (unpaired) electrons. The van der Waals surface area contributed by atoms with Crippen LogP contribution in [-0.2, 0) is 0 Å². The van der Waals surface area contributed by atoms with Crippen LogP contribution in [0, 0.1) is 0 Å². The second-order valence-corrected chi connectivity index (χ2v) is 11.6. The molecule has 0 saturated carbocycles. The lowest BCUT2D eigenvalue weighted by molar-refractivity contribution is -0.255. The van der Waals surface area contributed by atoms with Crippen LogP contribution in [0.5, 0.6) is 6.01 Å². The second kappa shape index (κ2) is 7.68. The Bertz CT molecular complexity index is 764. The number of nitrogens with zero attached hydrogens (tertiary/aromatic N) is 4. The van der Waals surface area contributed by atoms with Gasteiger partial charge < -0.3 is 20.5 Å². The molecule has 3 rings (SSSR count). The lowest BCUT2D eigenvalue weighted by Gasteiger charge is -2.51. The number of nitrogens with one attached hydrogen (secondary N) is 2. The van der Waals surface area contributed by atoms with Crippen LogP contribution in [0.3, 0.4) is 0 Å². The van der Waals surface area contributed by atoms with Crippen molar-refractivity contribution in [2.45, 2.75) is 115 Å². The van der Waals surface area contributed by atoms with Gasteiger partial charge in [0.05, 0.1) is 0 Å². The van der Waals surface area contributed by atoms with Crippen LogP contribution >= 0.6 is 0 Å². The van der Waals surface area contributed by atoms with Crippen LogP contribution in [0.25, 0.3) is 0 Å². The molecule has 0 aromatic carbocycles. The summed E-state index contributed by atoms with van der Waals surface area (Å²) in [5.41, 5.74) is -2.36. The molecule has 0 atom stereocenters. The van der Waals surface area contributed by atoms with Crippen molar-refractivity contribution in [2.24, 2.45) is 0 Å². The lowest BCUT2D eigenvalue weighted by Crippen LogP contribution is -2.61. The maximum atomic E-state index is 12.2. The van der Waals surface area contributed by atoms with E-state index in [-0.39, 0.29) is 18.2 Å². The fourth-order valence-electron chi connectivity index (χ4n) is 5.46. The van der Waals surface area contributed by atoms with Gasteiger partial charge in [-0.3, -0.25) is 4.98 Å². The first kappa shape index (κ1) is 23.9. The SMILES string of the molecule is CC1(C)CC(Nc2nc(OC3CC(C)(C)N(O)C(C)(C)C3)nc(=O)[nH]2)CC(C)(C)N1O. The number of rotatable bonds is 4. The van der Waals surface area contributed by atoms with E-state index in [1.54, 1.807) is 0 Å². The van der Waals surface area contributed by atoms with E-state index in [1.807, 2.05) is 55.4 Å². The molecule has 0 spiro atoms. The van der Waals surface area contributed by atoms with Gasteiger partial charge in [0, 0.05) is 41.0 Å². The smallest absolute Gasteiger partial charge is 0.352 e. The first-order valence-electron chi connectivity index (χ1n) is 10.9. The number of ether oxygens (including phenoxy) is 1. The highest BCUT2D eigenvalue weighted by Crippen LogP contribution is 2.39. The Labute approximate surface area is 183 Å². The number of piperidine rings is 2. The van der Waals surface area contributed by atoms with Crippen molar-refractivity contribution >= 4 is 5.95 Å². The highest BCUT2D eigenvalue weighted by Gasteiger charge is 2.47. The topological polar surface area (TPSA) is 127 Å². The zero-order valence-corrected chi connectivity index (χ0v) is 20.0. The summed E-state index contributed by atoms with van der Waals surface area (Å²) < 4.78 is 6.02. The molecule has 0 amide bonds. The molecule has 3 heterocycles. The van der Waals surface area contributed by atoms with E-state index in [0.717, 1.165) is 0 Å². The van der Waals surface area contributed by atoms with Crippen molar-refractivity contribution in [3.8, 4) is 6.01 Å². The molecular formula is C21H38N6O4. The number of hydrogen-bond donors (Lipinski definition) is 4. The Morgan fingerprint density at radius 2 is 1.32 bits per heavy atom. The van der Waals surface area contributed by atoms with Crippen molar-refractivity contribution in [3.63, 3.8) is 0 Å². The van der Waals surface area contributed by atoms with Gasteiger partial charge >= 0.3 is 11.7 Å². The summed E-state index contributed by atoms with van der Waals surface area (Å²) in [5.74, 6) is 0.302. The average Bonchev–Trinajstić information content (AvgIpc) is 2.56. The van der Waals surface area contributed by atoms with Gasteiger partial charge in [-0.15, -0.1) is 4.98 Å². The van der Waals surface area contributed by atoms with Crippen molar-refractivity contribution in [2.75, 3.05) is 5.32 Å². The molecule has 31 heavy (non-hydrogen) atoms. The molecule has 2 saturated heterocycles. The molecule has 2 aliphatic heterocycles. The van der Waals surface area contributed by atoms with Crippen LogP contribution in [0.1, 0.15) is 81.1 Å². The standard InChI is InChI=1S/C21H38N6O4/c1-18(2)9-13(10-19(3,4)26(18)29)22-15-23-16(28)25-17(24-15)31-14-11-20(5,6)27(30)21(7,8)12-14/h13-14,29-30H,9-12H2,1-8H3,(H2,22,23,24,25,28). The third kappa shape index (κ3) is 5.02. The van der Waals surface area contributed by atoms with Crippen LogP contribution in [0.2, 0.25) is 0 Å². The van der Waals surface area contributed by atoms with Crippen LogP contribution in [0.4, 0.5) is 5.95 Å². The Morgan fingerprint density at radius 1 is 0.871 bits per heavy atom. The summed E-state index contributed by atoms with van der Waals surface area (Å²) in [6.07, 6.45) is 2.25. The van der Waals surface area contributed by atoms with Gasteiger partial charge in [0.25, 0.3) is 0 Å². The maximum Gasteiger partial charge on any atom is 0.352 e. The Balaban J connectivity index is 1.76. The average molecular weight is 439 g/mol. The summed E-state index contributed by atoms with van der Waals surface area (Å²) in [6.45, 7) is 15.7. The van der Waals surface area contributed by atoms with E-state index in [4.69, 9.17) is 4.74 Å². The summed E-state index contributed by atoms with van der Waals surface area (Å²) in [5, 5.41) is 27.1. The van der Waals surface area contributed by atoms with Gasteiger partial charge in [-0.2, -0.15) is 15.1 Å². The lowest BCUT2D eigenvalue weighted by atomic mass is 9.79. The molecule has 4 N–H and O–H groups in total. The van der Waals surface area contributed by atoms with Gasteiger partial charge in [0.15, 0.2) is 0 Å². The molecule has 1 aromatic heterocycles. The van der Waals surface area contributed by atoms with Crippen LogP contribution < -0.4 is 15.7 Å². The maximum absolute atomic E-state index is 12.2. The van der Waals surface area contributed by atoms with Crippen molar-refractivity contribution in [1.29, 1.82) is 0 Å². The number of aromatic amines is 1. The monoisotopic (exact) mass is 438 g/mol. The normalized spacial score (nSPS) is 26.5. The molecule has 176 valence electrons. The fraction of sp³-hybridized carbons (Fsp3) is 0.857. The van der Waals surface area contributed by atoms with E-state index in [1.165, 1.54) is 10.1 Å². The number of H-pyrrole nitrogens is 1. The van der Waals surface area contributed by atoms with E-state index < -0.39 is 27.8 Å². The highest BCUT2D eigenvalue weighted by atomic mass is 16.5. The molecule has 0 aliphatic carbocycles. The largest absolute Gasteiger partial charge is 0.460 e. The third-order valence-electron chi connectivity index (χ3n) is 6.48. The Hall–Kier alpha value is -1.75. The van der Waals surface area contributed by atoms with E-state index in [9.17, 15) is 15.2 Å². The first-order chi connectivity index (χ1) is 14.0. The van der Waals surface area contributed by atoms with Gasteiger partial charge in [0.1, 0.15) is 6.10 Å². The second-order valence-electron chi connectivity index (χ2n) is 11.6. The molecule has 0 bridgehead atoms. The molecule has 2 aliphatic rings. The molecule has 0 unspecified atom stereocenters. The number of hydroxylamine groups is 4. The van der Waals surface area contributed by atoms with Crippen molar-refractivity contribution in [1.82, 2.24) is 25.1 Å². The molecule has 2 fully saturated rings. The quantitative estimate of drug-likeness (QED) is 0.561. The van der Waals surface area contributed by atoms with Crippen LogP contribution in [-0.4, -0.2) is 69.8 Å². The van der Waals surface area contributed by atoms with E-state index in [0.29, 0.717) is 31.6 Å². The van der Waals surface area contributed by atoms with Gasteiger partial charge in [-0.05, 0) is 68.2 Å². The molecule has 10 heteroatoms.